The van der Waals surface area contributed by atoms with Crippen LogP contribution in [0.4, 0.5) is 0 Å². The fourth-order valence-corrected chi connectivity index (χ4v) is 2.03. The molecular weight excluding hydrogens is 200 g/mol. The molecule has 86 valence electrons. The van der Waals surface area contributed by atoms with Gasteiger partial charge in [0.2, 0.25) is 0 Å². The number of para-hydroxylation sites is 1. The van der Waals surface area contributed by atoms with Crippen molar-refractivity contribution < 1.29 is 4.74 Å². The molecule has 0 bridgehead atoms. The van der Waals surface area contributed by atoms with Gasteiger partial charge in [-0.15, -0.1) is 0 Å². The fraction of sp³-hybridized carbons (Fsp3) is 0.385. The Balaban J connectivity index is 2.13. The Labute approximate surface area is 96.3 Å². The number of ether oxygens (including phenoxy) is 1. The van der Waals surface area contributed by atoms with Crippen LogP contribution < -0.4 is 16.0 Å². The molecule has 0 saturated heterocycles. The Morgan fingerprint density at radius 1 is 1.50 bits per heavy atom. The van der Waals surface area contributed by atoms with Gasteiger partial charge in [0.1, 0.15) is 11.9 Å². The van der Waals surface area contributed by atoms with Crippen LogP contribution in [-0.2, 0) is 6.42 Å². The third-order valence-electron chi connectivity index (χ3n) is 2.78. The maximum absolute atomic E-state index is 5.87. The highest BCUT2D eigenvalue weighted by Gasteiger charge is 2.28. The van der Waals surface area contributed by atoms with Crippen LogP contribution in [0.2, 0.25) is 0 Å². The van der Waals surface area contributed by atoms with Crippen LogP contribution in [-0.4, -0.2) is 12.1 Å². The lowest BCUT2D eigenvalue weighted by Gasteiger charge is -2.19. The van der Waals surface area contributed by atoms with Gasteiger partial charge in [0.05, 0.1) is 6.04 Å². The first-order valence-electron chi connectivity index (χ1n) is 5.56. The van der Waals surface area contributed by atoms with Crippen LogP contribution in [0.5, 0.6) is 5.75 Å². The zero-order valence-corrected chi connectivity index (χ0v) is 9.73. The maximum atomic E-state index is 5.87. The second-order valence-corrected chi connectivity index (χ2v) is 4.40. The second kappa shape index (κ2) is 4.68. The largest absolute Gasteiger partial charge is 0.488 e. The van der Waals surface area contributed by atoms with Crippen LogP contribution in [0.15, 0.2) is 35.9 Å². The van der Waals surface area contributed by atoms with Crippen molar-refractivity contribution in [1.82, 2.24) is 5.43 Å². The SMILES string of the molecule is CC(C)=CC(NN)C1Cc2ccccc2O1. The van der Waals surface area contributed by atoms with Crippen LogP contribution in [0.1, 0.15) is 19.4 Å². The number of rotatable bonds is 3. The molecule has 3 heteroatoms. The number of nitrogens with two attached hydrogens (primary N) is 1. The summed E-state index contributed by atoms with van der Waals surface area (Å²) in [4.78, 5) is 0. The Morgan fingerprint density at radius 3 is 2.88 bits per heavy atom. The molecule has 2 atom stereocenters. The van der Waals surface area contributed by atoms with Crippen molar-refractivity contribution in [1.29, 1.82) is 0 Å². The topological polar surface area (TPSA) is 47.3 Å². The minimum Gasteiger partial charge on any atom is -0.488 e. The van der Waals surface area contributed by atoms with Crippen molar-refractivity contribution in [3.8, 4) is 5.75 Å². The molecule has 3 nitrogen and oxygen atoms in total. The zero-order valence-electron chi connectivity index (χ0n) is 9.73. The molecule has 1 heterocycles. The summed E-state index contributed by atoms with van der Waals surface area (Å²) in [5.41, 5.74) is 5.31. The number of nitrogens with one attached hydrogen (secondary N) is 1. The minimum atomic E-state index is 0.0670. The Bertz CT molecular complexity index is 372. The second-order valence-electron chi connectivity index (χ2n) is 4.40. The van der Waals surface area contributed by atoms with Crippen LogP contribution in [0.25, 0.3) is 0 Å². The molecule has 1 aromatic carbocycles. The van der Waals surface area contributed by atoms with Gasteiger partial charge in [-0.05, 0) is 25.5 Å². The molecule has 0 spiro atoms. The highest BCUT2D eigenvalue weighted by molar-refractivity contribution is 5.38. The van der Waals surface area contributed by atoms with E-state index in [1.165, 1.54) is 11.1 Å². The lowest BCUT2D eigenvalue weighted by Crippen LogP contribution is -2.44. The van der Waals surface area contributed by atoms with E-state index in [2.05, 4.69) is 31.4 Å². The molecule has 1 aliphatic rings. The number of fused-ring (bicyclic) bond motifs is 1. The summed E-state index contributed by atoms with van der Waals surface area (Å²) in [6.07, 6.45) is 3.11. The van der Waals surface area contributed by atoms with E-state index in [-0.39, 0.29) is 12.1 Å². The van der Waals surface area contributed by atoms with Crippen molar-refractivity contribution in [2.24, 2.45) is 5.84 Å². The molecule has 0 amide bonds. The quantitative estimate of drug-likeness (QED) is 0.462. The summed E-state index contributed by atoms with van der Waals surface area (Å²) in [5, 5.41) is 0. The minimum absolute atomic E-state index is 0.0670. The predicted octanol–water partition coefficient (Wildman–Crippen LogP) is 1.79. The average molecular weight is 218 g/mol. The van der Waals surface area contributed by atoms with Crippen molar-refractivity contribution in [2.75, 3.05) is 0 Å². The predicted molar refractivity (Wildman–Crippen MR) is 65.1 cm³/mol. The fourth-order valence-electron chi connectivity index (χ4n) is 2.03. The molecule has 0 radical (unpaired) electrons. The number of allylic oxidation sites excluding steroid dienone is 1. The van der Waals surface area contributed by atoms with Gasteiger partial charge in [0.25, 0.3) is 0 Å². The molecule has 2 rings (SSSR count). The van der Waals surface area contributed by atoms with E-state index in [0.717, 1.165) is 12.2 Å². The van der Waals surface area contributed by atoms with Crippen molar-refractivity contribution >= 4 is 0 Å². The first-order chi connectivity index (χ1) is 7.70. The average Bonchev–Trinajstić information content (AvgIpc) is 2.68. The van der Waals surface area contributed by atoms with Gasteiger partial charge in [-0.2, -0.15) is 0 Å². The first-order valence-corrected chi connectivity index (χ1v) is 5.56. The third-order valence-corrected chi connectivity index (χ3v) is 2.78. The molecule has 3 N–H and O–H groups in total. The molecule has 16 heavy (non-hydrogen) atoms. The summed E-state index contributed by atoms with van der Waals surface area (Å²) < 4.78 is 5.87. The summed E-state index contributed by atoms with van der Waals surface area (Å²) in [7, 11) is 0. The van der Waals surface area contributed by atoms with Crippen molar-refractivity contribution in [2.45, 2.75) is 32.4 Å². The standard InChI is InChI=1S/C13H18N2O/c1-9(2)7-11(15-14)13-8-10-5-3-4-6-12(10)16-13/h3-7,11,13,15H,8,14H2,1-2H3. The van der Waals surface area contributed by atoms with Crippen LogP contribution >= 0.6 is 0 Å². The van der Waals surface area contributed by atoms with E-state index in [9.17, 15) is 0 Å². The van der Waals surface area contributed by atoms with E-state index >= 15 is 0 Å². The Hall–Kier alpha value is -1.32. The summed E-state index contributed by atoms with van der Waals surface area (Å²) in [6, 6.07) is 8.21. The van der Waals surface area contributed by atoms with Crippen LogP contribution in [0, 0.1) is 0 Å². The first kappa shape index (κ1) is 11.2. The monoisotopic (exact) mass is 218 g/mol. The van der Waals surface area contributed by atoms with Crippen LogP contribution in [0.3, 0.4) is 0 Å². The van der Waals surface area contributed by atoms with Gasteiger partial charge in [0.15, 0.2) is 0 Å². The van der Waals surface area contributed by atoms with Crippen molar-refractivity contribution in [3.05, 3.63) is 41.5 Å². The van der Waals surface area contributed by atoms with Gasteiger partial charge in [-0.25, -0.2) is 5.43 Å². The molecular formula is C13H18N2O. The van der Waals surface area contributed by atoms with E-state index in [1.54, 1.807) is 0 Å². The lowest BCUT2D eigenvalue weighted by molar-refractivity contribution is 0.199. The number of hydrogen-bond donors (Lipinski definition) is 2. The Morgan fingerprint density at radius 2 is 2.25 bits per heavy atom. The number of hydrazine groups is 1. The molecule has 1 aliphatic heterocycles. The molecule has 0 saturated carbocycles. The lowest BCUT2D eigenvalue weighted by atomic mass is 10.0. The zero-order chi connectivity index (χ0) is 11.5. The highest BCUT2D eigenvalue weighted by atomic mass is 16.5. The van der Waals surface area contributed by atoms with Gasteiger partial charge in [-0.1, -0.05) is 29.8 Å². The summed E-state index contributed by atoms with van der Waals surface area (Å²) >= 11 is 0. The van der Waals surface area contributed by atoms with Gasteiger partial charge in [-0.3, -0.25) is 5.84 Å². The van der Waals surface area contributed by atoms with Gasteiger partial charge < -0.3 is 4.74 Å². The van der Waals surface area contributed by atoms with Gasteiger partial charge in [0, 0.05) is 6.42 Å². The maximum Gasteiger partial charge on any atom is 0.123 e. The number of benzene rings is 1. The molecule has 2 unspecified atom stereocenters. The number of hydrogen-bond acceptors (Lipinski definition) is 3. The summed E-state index contributed by atoms with van der Waals surface area (Å²) in [5.74, 6) is 6.54. The van der Waals surface area contributed by atoms with E-state index in [0.29, 0.717) is 0 Å². The van der Waals surface area contributed by atoms with Crippen molar-refractivity contribution in [3.63, 3.8) is 0 Å². The van der Waals surface area contributed by atoms with E-state index < -0.39 is 0 Å². The highest BCUT2D eigenvalue weighted by Crippen LogP contribution is 2.29. The smallest absolute Gasteiger partial charge is 0.123 e. The molecule has 0 aromatic heterocycles. The van der Waals surface area contributed by atoms with E-state index in [4.69, 9.17) is 10.6 Å². The molecule has 1 aromatic rings. The molecule has 0 fully saturated rings. The normalized spacial score (nSPS) is 19.8. The van der Waals surface area contributed by atoms with Gasteiger partial charge >= 0.3 is 0 Å². The third kappa shape index (κ3) is 2.26. The molecule has 0 aliphatic carbocycles. The summed E-state index contributed by atoms with van der Waals surface area (Å²) in [6.45, 7) is 4.12. The Kier molecular flexibility index (Phi) is 3.27. The van der Waals surface area contributed by atoms with E-state index in [1.807, 2.05) is 18.2 Å².